The highest BCUT2D eigenvalue weighted by atomic mass is 32.2. The molecule has 1 heterocycles. The standard InChI is InChI=1S/C10H13NO6S2/c1-6(10(14)17-2)11-19(15,16)9-4-3-7(18-9)5-8(12)13/h3-4,6,11H,5H2,1-2H3,(H,12,13)/t6-/m0/s1. The summed E-state index contributed by atoms with van der Waals surface area (Å²) in [5.41, 5.74) is 0. The van der Waals surface area contributed by atoms with Gasteiger partial charge in [-0.05, 0) is 19.1 Å². The number of carbonyl (C=O) groups is 2. The normalized spacial score (nSPS) is 12.9. The van der Waals surface area contributed by atoms with Crippen molar-refractivity contribution in [1.29, 1.82) is 0 Å². The van der Waals surface area contributed by atoms with Gasteiger partial charge in [0.05, 0.1) is 13.5 Å². The molecular weight excluding hydrogens is 294 g/mol. The molecule has 0 unspecified atom stereocenters. The van der Waals surface area contributed by atoms with Gasteiger partial charge in [-0.2, -0.15) is 4.72 Å². The van der Waals surface area contributed by atoms with E-state index in [9.17, 15) is 18.0 Å². The van der Waals surface area contributed by atoms with Gasteiger partial charge in [-0.15, -0.1) is 11.3 Å². The molecule has 1 aromatic heterocycles. The number of carbonyl (C=O) groups excluding carboxylic acids is 1. The van der Waals surface area contributed by atoms with Crippen molar-refractivity contribution in [2.45, 2.75) is 23.6 Å². The lowest BCUT2D eigenvalue weighted by molar-refractivity contribution is -0.142. The second kappa shape index (κ2) is 6.13. The minimum Gasteiger partial charge on any atom is -0.481 e. The average molecular weight is 307 g/mol. The molecule has 19 heavy (non-hydrogen) atoms. The van der Waals surface area contributed by atoms with E-state index in [-0.39, 0.29) is 10.6 Å². The van der Waals surface area contributed by atoms with E-state index in [1.807, 2.05) is 0 Å². The van der Waals surface area contributed by atoms with Gasteiger partial charge in [0.25, 0.3) is 10.0 Å². The highest BCUT2D eigenvalue weighted by molar-refractivity contribution is 7.91. The summed E-state index contributed by atoms with van der Waals surface area (Å²) in [7, 11) is -2.70. The fourth-order valence-electron chi connectivity index (χ4n) is 1.26. The third-order valence-corrected chi connectivity index (χ3v) is 5.23. The number of aliphatic carboxylic acids is 1. The third kappa shape index (κ3) is 4.30. The zero-order valence-corrected chi connectivity index (χ0v) is 11.9. The first-order chi connectivity index (χ1) is 8.76. The Labute approximate surface area is 114 Å². The molecule has 7 nitrogen and oxygen atoms in total. The van der Waals surface area contributed by atoms with E-state index >= 15 is 0 Å². The van der Waals surface area contributed by atoms with E-state index in [1.54, 1.807) is 0 Å². The Morgan fingerprint density at radius 3 is 2.63 bits per heavy atom. The van der Waals surface area contributed by atoms with Gasteiger partial charge in [0.15, 0.2) is 0 Å². The lowest BCUT2D eigenvalue weighted by atomic mass is 10.3. The summed E-state index contributed by atoms with van der Waals surface area (Å²) in [6.07, 6.45) is -0.243. The Hall–Kier alpha value is -1.45. The Morgan fingerprint density at radius 1 is 1.47 bits per heavy atom. The van der Waals surface area contributed by atoms with Gasteiger partial charge in [-0.1, -0.05) is 0 Å². The molecule has 0 aromatic carbocycles. The average Bonchev–Trinajstić information content (AvgIpc) is 2.75. The first-order valence-electron chi connectivity index (χ1n) is 5.17. The summed E-state index contributed by atoms with van der Waals surface area (Å²) in [4.78, 5) is 22.1. The second-order valence-corrected chi connectivity index (χ2v) is 6.77. The molecule has 0 spiro atoms. The van der Waals surface area contributed by atoms with Crippen molar-refractivity contribution in [1.82, 2.24) is 4.72 Å². The van der Waals surface area contributed by atoms with Crippen LogP contribution >= 0.6 is 11.3 Å². The van der Waals surface area contributed by atoms with E-state index in [4.69, 9.17) is 5.11 Å². The van der Waals surface area contributed by atoms with Crippen LogP contribution in [0.2, 0.25) is 0 Å². The second-order valence-electron chi connectivity index (χ2n) is 3.66. The zero-order chi connectivity index (χ0) is 14.6. The lowest BCUT2D eigenvalue weighted by Gasteiger charge is -2.10. The summed E-state index contributed by atoms with van der Waals surface area (Å²) in [5.74, 6) is -1.74. The molecule has 1 rings (SSSR count). The first kappa shape index (κ1) is 15.6. The van der Waals surface area contributed by atoms with Crippen molar-refractivity contribution in [2.24, 2.45) is 0 Å². The molecule has 0 bridgehead atoms. The van der Waals surface area contributed by atoms with Crippen LogP contribution in [-0.4, -0.2) is 38.6 Å². The molecule has 9 heteroatoms. The smallest absolute Gasteiger partial charge is 0.323 e. The van der Waals surface area contributed by atoms with Crippen molar-refractivity contribution in [2.75, 3.05) is 7.11 Å². The van der Waals surface area contributed by atoms with E-state index in [0.717, 1.165) is 18.4 Å². The molecule has 0 saturated carbocycles. The summed E-state index contributed by atoms with van der Waals surface area (Å²) in [5, 5.41) is 8.61. The maximum Gasteiger partial charge on any atom is 0.323 e. The maximum atomic E-state index is 11.9. The van der Waals surface area contributed by atoms with E-state index < -0.39 is 28.0 Å². The lowest BCUT2D eigenvalue weighted by Crippen LogP contribution is -2.38. The Kier molecular flexibility index (Phi) is 5.04. The van der Waals surface area contributed by atoms with Crippen molar-refractivity contribution in [3.63, 3.8) is 0 Å². The summed E-state index contributed by atoms with van der Waals surface area (Å²) >= 11 is 0.846. The monoisotopic (exact) mass is 307 g/mol. The van der Waals surface area contributed by atoms with Crippen LogP contribution in [0.3, 0.4) is 0 Å². The molecule has 0 aliphatic carbocycles. The third-order valence-electron chi connectivity index (χ3n) is 2.11. The predicted octanol–water partition coefficient (Wildman–Crippen LogP) is 0.215. The topological polar surface area (TPSA) is 110 Å². The number of rotatable bonds is 6. The number of ether oxygens (including phenoxy) is 1. The van der Waals surface area contributed by atoms with Crippen LogP contribution in [-0.2, 0) is 30.8 Å². The molecule has 2 N–H and O–H groups in total. The van der Waals surface area contributed by atoms with E-state index in [0.29, 0.717) is 4.88 Å². The molecule has 0 radical (unpaired) electrons. The zero-order valence-electron chi connectivity index (χ0n) is 10.2. The van der Waals surface area contributed by atoms with Gasteiger partial charge in [0.1, 0.15) is 10.3 Å². The number of carboxylic acid groups (broad SMARTS) is 1. The van der Waals surface area contributed by atoms with Gasteiger partial charge in [-0.3, -0.25) is 9.59 Å². The highest BCUT2D eigenvalue weighted by Gasteiger charge is 2.24. The molecule has 106 valence electrons. The van der Waals surface area contributed by atoms with Crippen molar-refractivity contribution in [3.05, 3.63) is 17.0 Å². The van der Waals surface area contributed by atoms with Crippen molar-refractivity contribution < 1.29 is 27.9 Å². The molecule has 0 amide bonds. The van der Waals surface area contributed by atoms with Gasteiger partial charge in [0.2, 0.25) is 0 Å². The van der Waals surface area contributed by atoms with Gasteiger partial charge >= 0.3 is 11.9 Å². The number of sulfonamides is 1. The molecule has 0 saturated heterocycles. The van der Waals surface area contributed by atoms with Crippen LogP contribution in [0.5, 0.6) is 0 Å². The van der Waals surface area contributed by atoms with Crippen LogP contribution < -0.4 is 4.72 Å². The van der Waals surface area contributed by atoms with Crippen molar-refractivity contribution in [3.8, 4) is 0 Å². The van der Waals surface area contributed by atoms with E-state index in [1.165, 1.54) is 19.1 Å². The Morgan fingerprint density at radius 2 is 2.11 bits per heavy atom. The number of thiophene rings is 1. The molecule has 1 atom stereocenters. The fraction of sp³-hybridized carbons (Fsp3) is 0.400. The predicted molar refractivity (Wildman–Crippen MR) is 67.5 cm³/mol. The molecule has 0 fully saturated rings. The van der Waals surface area contributed by atoms with Gasteiger partial charge in [0, 0.05) is 4.88 Å². The van der Waals surface area contributed by atoms with Crippen LogP contribution in [0.15, 0.2) is 16.3 Å². The number of methoxy groups -OCH3 is 1. The number of carboxylic acids is 1. The molecule has 0 aliphatic heterocycles. The number of hydrogen-bond donors (Lipinski definition) is 2. The fourth-order valence-corrected chi connectivity index (χ4v) is 3.82. The van der Waals surface area contributed by atoms with Crippen molar-refractivity contribution >= 4 is 33.3 Å². The molecule has 0 aliphatic rings. The minimum absolute atomic E-state index is 0.0421. The van der Waals surface area contributed by atoms with E-state index in [2.05, 4.69) is 9.46 Å². The van der Waals surface area contributed by atoms with Gasteiger partial charge < -0.3 is 9.84 Å². The minimum atomic E-state index is -3.85. The summed E-state index contributed by atoms with van der Waals surface area (Å²) in [6.45, 7) is 1.36. The Balaban J connectivity index is 2.86. The Bertz CT molecular complexity index is 577. The van der Waals surface area contributed by atoms with Crippen LogP contribution in [0, 0.1) is 0 Å². The van der Waals surface area contributed by atoms with Crippen LogP contribution in [0.25, 0.3) is 0 Å². The summed E-state index contributed by atoms with van der Waals surface area (Å²) < 4.78 is 30.3. The quantitative estimate of drug-likeness (QED) is 0.727. The largest absolute Gasteiger partial charge is 0.481 e. The maximum absolute atomic E-state index is 11.9. The first-order valence-corrected chi connectivity index (χ1v) is 7.47. The number of hydrogen-bond acceptors (Lipinski definition) is 6. The number of nitrogens with one attached hydrogen (secondary N) is 1. The summed E-state index contributed by atoms with van der Waals surface area (Å²) in [6, 6.07) is 1.71. The molecular formula is C10H13NO6S2. The number of esters is 1. The SMILES string of the molecule is COC(=O)[C@H](C)NS(=O)(=O)c1ccc(CC(=O)O)s1. The van der Waals surface area contributed by atoms with Crippen LogP contribution in [0.1, 0.15) is 11.8 Å². The highest BCUT2D eigenvalue weighted by Crippen LogP contribution is 2.22. The molecule has 1 aromatic rings. The van der Waals surface area contributed by atoms with Gasteiger partial charge in [-0.25, -0.2) is 8.42 Å². The van der Waals surface area contributed by atoms with Crippen LogP contribution in [0.4, 0.5) is 0 Å².